The van der Waals surface area contributed by atoms with Gasteiger partial charge in [-0.1, -0.05) is 52.8 Å². The smallest absolute Gasteiger partial charge is 0.308 e. The molecular formula is C25H42O4Si. The van der Waals surface area contributed by atoms with Crippen LogP contribution in [0.25, 0.3) is 0 Å². The van der Waals surface area contributed by atoms with Crippen molar-refractivity contribution in [2.75, 3.05) is 0 Å². The van der Waals surface area contributed by atoms with Crippen molar-refractivity contribution in [1.29, 1.82) is 0 Å². The number of cyclic esters (lactones) is 1. The van der Waals surface area contributed by atoms with Crippen molar-refractivity contribution in [3.63, 3.8) is 0 Å². The number of allylic oxidation sites excluding steroid dienone is 3. The van der Waals surface area contributed by atoms with E-state index in [2.05, 4.69) is 65.9 Å². The lowest BCUT2D eigenvalue weighted by Gasteiger charge is -2.43. The predicted octanol–water partition coefficient (Wildman–Crippen LogP) is 5.63. The third kappa shape index (κ3) is 5.28. The minimum atomic E-state index is -1.91. The Morgan fingerprint density at radius 1 is 1.20 bits per heavy atom. The molecule has 0 spiro atoms. The summed E-state index contributed by atoms with van der Waals surface area (Å²) >= 11 is 0. The van der Waals surface area contributed by atoms with Gasteiger partial charge in [-0.15, -0.1) is 0 Å². The summed E-state index contributed by atoms with van der Waals surface area (Å²) in [7, 11) is -1.91. The molecule has 5 heteroatoms. The molecule has 0 aromatic heterocycles. The maximum Gasteiger partial charge on any atom is 0.308 e. The van der Waals surface area contributed by atoms with Crippen molar-refractivity contribution in [2.45, 2.75) is 103 Å². The lowest BCUT2D eigenvalue weighted by molar-refractivity contribution is -0.160. The van der Waals surface area contributed by atoms with Crippen molar-refractivity contribution in [1.82, 2.24) is 0 Å². The van der Waals surface area contributed by atoms with E-state index in [1.54, 1.807) is 0 Å². The van der Waals surface area contributed by atoms with Crippen molar-refractivity contribution < 1.29 is 19.1 Å². The highest BCUT2D eigenvalue weighted by Crippen LogP contribution is 2.44. The molecule has 1 aliphatic heterocycles. The minimum absolute atomic E-state index is 0.0302. The molecule has 1 N–H and O–H groups in total. The van der Waals surface area contributed by atoms with E-state index < -0.39 is 8.32 Å². The van der Waals surface area contributed by atoms with Crippen molar-refractivity contribution in [3.8, 4) is 0 Å². The van der Waals surface area contributed by atoms with Gasteiger partial charge in [-0.2, -0.15) is 0 Å². The third-order valence-electron chi connectivity index (χ3n) is 7.93. The van der Waals surface area contributed by atoms with Crippen molar-refractivity contribution >= 4 is 14.3 Å². The standard InChI is InChI=1S/C25H42O4Si/c1-16-12-18-9-8-17(2)21(24(18)22(26)13-16)11-10-19-14-20(15-23(27)28-19)29-30(6,7)25(3,4)5/h8-9,12,16-17,19-22,24,26H,10-11,13-15H2,1-7H3/t16-,17+,19+,20+,21+,22-,24+/m0/s1. The van der Waals surface area contributed by atoms with E-state index in [9.17, 15) is 9.90 Å². The Morgan fingerprint density at radius 3 is 2.57 bits per heavy atom. The molecule has 0 radical (unpaired) electrons. The number of aliphatic hydroxyl groups is 1. The van der Waals surface area contributed by atoms with Crippen LogP contribution in [0.15, 0.2) is 23.8 Å². The summed E-state index contributed by atoms with van der Waals surface area (Å²) in [5.41, 5.74) is 1.30. The summed E-state index contributed by atoms with van der Waals surface area (Å²) in [6.07, 6.45) is 10.3. The van der Waals surface area contributed by atoms with Crippen LogP contribution in [0.4, 0.5) is 0 Å². The second-order valence-electron chi connectivity index (χ2n) is 11.5. The van der Waals surface area contributed by atoms with E-state index in [1.807, 2.05) is 0 Å². The average molecular weight is 435 g/mol. The number of aliphatic hydroxyl groups excluding tert-OH is 1. The lowest BCUT2D eigenvalue weighted by Crippen LogP contribution is -2.47. The summed E-state index contributed by atoms with van der Waals surface area (Å²) in [5.74, 6) is 1.33. The predicted molar refractivity (Wildman–Crippen MR) is 124 cm³/mol. The zero-order valence-corrected chi connectivity index (χ0v) is 21.0. The maximum absolute atomic E-state index is 12.3. The van der Waals surface area contributed by atoms with Crippen LogP contribution < -0.4 is 0 Å². The van der Waals surface area contributed by atoms with Gasteiger partial charge >= 0.3 is 5.97 Å². The molecule has 0 unspecified atom stereocenters. The van der Waals surface area contributed by atoms with Crippen LogP contribution in [-0.2, 0) is 14.0 Å². The molecule has 1 heterocycles. The van der Waals surface area contributed by atoms with Gasteiger partial charge in [0.2, 0.25) is 0 Å². The first kappa shape index (κ1) is 23.7. The number of hydrogen-bond acceptors (Lipinski definition) is 4. The monoisotopic (exact) mass is 434 g/mol. The molecule has 0 aromatic rings. The second kappa shape index (κ2) is 8.91. The third-order valence-corrected chi connectivity index (χ3v) is 12.5. The molecule has 3 rings (SSSR count). The van der Waals surface area contributed by atoms with Gasteiger partial charge in [-0.25, -0.2) is 0 Å². The number of carbonyl (C=O) groups is 1. The van der Waals surface area contributed by atoms with Crippen molar-refractivity contribution in [3.05, 3.63) is 23.8 Å². The Balaban J connectivity index is 1.64. The SMILES string of the molecule is C[C@@H]1C=CC2=C[C@H](C)C[C@H](O)[C@H]2[C@@H]1CC[C@@H]1C[C@@H](O[Si](C)(C)C(C)(C)C)CC(=O)O1. The Bertz CT molecular complexity index is 690. The fourth-order valence-corrected chi connectivity index (χ4v) is 6.58. The average Bonchev–Trinajstić information content (AvgIpc) is 2.59. The quantitative estimate of drug-likeness (QED) is 0.450. The molecule has 2 aliphatic carbocycles. The Morgan fingerprint density at radius 2 is 1.90 bits per heavy atom. The molecule has 1 fully saturated rings. The zero-order valence-electron chi connectivity index (χ0n) is 20.0. The van der Waals surface area contributed by atoms with E-state index in [1.165, 1.54) is 5.57 Å². The van der Waals surface area contributed by atoms with E-state index in [0.29, 0.717) is 24.2 Å². The largest absolute Gasteiger partial charge is 0.462 e. The van der Waals surface area contributed by atoms with Gasteiger partial charge in [0.25, 0.3) is 0 Å². The number of rotatable bonds is 5. The lowest BCUT2D eigenvalue weighted by atomic mass is 9.65. The number of hydrogen-bond donors (Lipinski definition) is 1. The van der Waals surface area contributed by atoms with Crippen LogP contribution in [0.2, 0.25) is 18.1 Å². The molecule has 3 aliphatic rings. The van der Waals surface area contributed by atoms with Crippen LogP contribution in [-0.4, -0.2) is 37.7 Å². The number of esters is 1. The zero-order chi connectivity index (χ0) is 22.3. The first-order valence-electron chi connectivity index (χ1n) is 11.8. The van der Waals surface area contributed by atoms with E-state index in [4.69, 9.17) is 9.16 Å². The van der Waals surface area contributed by atoms with Crippen LogP contribution in [0.1, 0.15) is 66.7 Å². The Labute approximate surface area is 184 Å². The normalized spacial score (nSPS) is 37.4. The molecule has 0 amide bonds. The molecule has 170 valence electrons. The van der Waals surface area contributed by atoms with Crippen LogP contribution in [0.3, 0.4) is 0 Å². The van der Waals surface area contributed by atoms with Gasteiger partial charge in [0, 0.05) is 12.3 Å². The van der Waals surface area contributed by atoms with E-state index in [-0.39, 0.29) is 35.2 Å². The minimum Gasteiger partial charge on any atom is -0.462 e. The molecule has 1 saturated heterocycles. The topological polar surface area (TPSA) is 55.8 Å². The Hall–Kier alpha value is -0.913. The fraction of sp³-hybridized carbons (Fsp3) is 0.800. The van der Waals surface area contributed by atoms with Crippen LogP contribution >= 0.6 is 0 Å². The van der Waals surface area contributed by atoms with Gasteiger partial charge in [-0.3, -0.25) is 4.79 Å². The molecule has 30 heavy (non-hydrogen) atoms. The molecule has 4 nitrogen and oxygen atoms in total. The van der Waals surface area contributed by atoms with E-state index >= 15 is 0 Å². The Kier molecular flexibility index (Phi) is 7.05. The van der Waals surface area contributed by atoms with E-state index in [0.717, 1.165) is 25.7 Å². The van der Waals surface area contributed by atoms with Gasteiger partial charge in [0.05, 0.1) is 18.6 Å². The molecule has 0 aromatic carbocycles. The first-order valence-corrected chi connectivity index (χ1v) is 14.7. The molecule has 7 atom stereocenters. The fourth-order valence-electron chi connectivity index (χ4n) is 5.21. The highest BCUT2D eigenvalue weighted by Gasteiger charge is 2.42. The number of carbonyl (C=O) groups excluding carboxylic acids is 1. The summed E-state index contributed by atoms with van der Waals surface area (Å²) in [4.78, 5) is 12.3. The summed E-state index contributed by atoms with van der Waals surface area (Å²) in [6, 6.07) is 0. The summed E-state index contributed by atoms with van der Waals surface area (Å²) < 4.78 is 12.3. The van der Waals surface area contributed by atoms with Gasteiger partial charge < -0.3 is 14.3 Å². The van der Waals surface area contributed by atoms with Gasteiger partial charge in [-0.05, 0) is 60.7 Å². The summed E-state index contributed by atoms with van der Waals surface area (Å²) in [5, 5.41) is 10.9. The molecule has 0 bridgehead atoms. The van der Waals surface area contributed by atoms with Gasteiger partial charge in [0.1, 0.15) is 6.10 Å². The number of ether oxygens (including phenoxy) is 1. The number of fused-ring (bicyclic) bond motifs is 1. The van der Waals surface area contributed by atoms with Crippen LogP contribution in [0.5, 0.6) is 0 Å². The second-order valence-corrected chi connectivity index (χ2v) is 16.2. The molecular weight excluding hydrogens is 392 g/mol. The molecule has 0 saturated carbocycles. The van der Waals surface area contributed by atoms with Gasteiger partial charge in [0.15, 0.2) is 8.32 Å². The van der Waals surface area contributed by atoms with Crippen molar-refractivity contribution in [2.24, 2.45) is 23.7 Å². The highest BCUT2D eigenvalue weighted by molar-refractivity contribution is 6.74. The maximum atomic E-state index is 12.3. The first-order chi connectivity index (χ1) is 13.9. The highest BCUT2D eigenvalue weighted by atomic mass is 28.4. The summed E-state index contributed by atoms with van der Waals surface area (Å²) in [6.45, 7) is 15.6. The van der Waals surface area contributed by atoms with Crippen LogP contribution in [0, 0.1) is 23.7 Å².